The van der Waals surface area contributed by atoms with Gasteiger partial charge in [0.25, 0.3) is 0 Å². The minimum absolute atomic E-state index is 0.0349. The molecule has 1 N–H and O–H groups in total. The van der Waals surface area contributed by atoms with Crippen LogP contribution in [0, 0.1) is 6.92 Å². The van der Waals surface area contributed by atoms with Crippen LogP contribution in [0.1, 0.15) is 58.1 Å². The third-order valence-corrected chi connectivity index (χ3v) is 4.90. The first-order chi connectivity index (χ1) is 14.7. The number of nitrogens with one attached hydrogen (secondary N) is 1. The summed E-state index contributed by atoms with van der Waals surface area (Å²) >= 11 is 0. The molecule has 0 heterocycles. The molecule has 0 aliphatic carbocycles. The number of aryl methyl sites for hydroxylation is 1. The topological polar surface area (TPSA) is 58.6 Å². The average Bonchev–Trinajstić information content (AvgIpc) is 2.71. The van der Waals surface area contributed by atoms with E-state index in [-0.39, 0.29) is 17.4 Å². The minimum Gasteiger partial charge on any atom is -0.494 e. The Morgan fingerprint density at radius 1 is 1.03 bits per heavy atom. The number of nitrogens with zero attached hydrogens (tertiary/aromatic N) is 1. The lowest BCUT2D eigenvalue weighted by atomic mass is 10.0. The second-order valence-corrected chi connectivity index (χ2v) is 8.94. The van der Waals surface area contributed by atoms with Crippen molar-refractivity contribution >= 4 is 11.8 Å². The molecular formula is C26H36N2O3. The fourth-order valence-corrected chi connectivity index (χ4v) is 3.34. The third kappa shape index (κ3) is 8.44. The molecular weight excluding hydrogens is 388 g/mol. The second kappa shape index (κ2) is 11.5. The first kappa shape index (κ1) is 24.4. The van der Waals surface area contributed by atoms with Crippen LogP contribution >= 0.6 is 0 Å². The Kier molecular flexibility index (Phi) is 9.10. The summed E-state index contributed by atoms with van der Waals surface area (Å²) in [6.45, 7) is 10.7. The van der Waals surface area contributed by atoms with Gasteiger partial charge in [0.1, 0.15) is 11.8 Å². The largest absolute Gasteiger partial charge is 0.494 e. The van der Waals surface area contributed by atoms with E-state index >= 15 is 0 Å². The summed E-state index contributed by atoms with van der Waals surface area (Å²) in [6, 6.07) is 17.2. The molecule has 31 heavy (non-hydrogen) atoms. The quantitative estimate of drug-likeness (QED) is 0.553. The van der Waals surface area contributed by atoms with E-state index in [0.717, 1.165) is 11.3 Å². The number of ether oxygens (including phenoxy) is 1. The van der Waals surface area contributed by atoms with E-state index in [9.17, 15) is 9.59 Å². The highest BCUT2D eigenvalue weighted by atomic mass is 16.5. The fourth-order valence-electron chi connectivity index (χ4n) is 3.34. The first-order valence-electron chi connectivity index (χ1n) is 11.0. The first-order valence-corrected chi connectivity index (χ1v) is 11.0. The Morgan fingerprint density at radius 2 is 1.68 bits per heavy atom. The van der Waals surface area contributed by atoms with Crippen molar-refractivity contribution in [1.29, 1.82) is 0 Å². The van der Waals surface area contributed by atoms with Gasteiger partial charge in [-0.2, -0.15) is 0 Å². The number of carbonyl (C=O) groups is 2. The third-order valence-electron chi connectivity index (χ3n) is 4.90. The summed E-state index contributed by atoms with van der Waals surface area (Å²) in [5.41, 5.74) is 1.83. The molecule has 5 heteroatoms. The molecule has 0 radical (unpaired) electrons. The molecule has 5 nitrogen and oxygen atoms in total. The van der Waals surface area contributed by atoms with E-state index in [1.807, 2.05) is 89.2 Å². The van der Waals surface area contributed by atoms with Crippen molar-refractivity contribution in [3.63, 3.8) is 0 Å². The zero-order valence-electron chi connectivity index (χ0n) is 19.5. The van der Waals surface area contributed by atoms with E-state index in [1.54, 1.807) is 4.90 Å². The smallest absolute Gasteiger partial charge is 0.243 e. The monoisotopic (exact) mass is 424 g/mol. The van der Waals surface area contributed by atoms with E-state index < -0.39 is 6.04 Å². The van der Waals surface area contributed by atoms with Gasteiger partial charge in [-0.1, -0.05) is 55.0 Å². The van der Waals surface area contributed by atoms with Gasteiger partial charge < -0.3 is 15.0 Å². The Balaban J connectivity index is 2.04. The molecule has 0 spiro atoms. The van der Waals surface area contributed by atoms with Crippen LogP contribution in [0.2, 0.25) is 0 Å². The van der Waals surface area contributed by atoms with Crippen LogP contribution in [-0.2, 0) is 16.1 Å². The molecule has 168 valence electrons. The summed E-state index contributed by atoms with van der Waals surface area (Å²) in [7, 11) is 0. The van der Waals surface area contributed by atoms with Crippen LogP contribution in [0.5, 0.6) is 5.75 Å². The summed E-state index contributed by atoms with van der Waals surface area (Å²) in [5, 5.41) is 3.03. The SMILES string of the molecule is CC[C@H](C(=O)NC(C)(C)C)N(Cc1ccccc1)C(=O)CCCOc1ccc(C)cc1. The van der Waals surface area contributed by atoms with Crippen molar-refractivity contribution in [2.45, 2.75) is 72.0 Å². The molecule has 0 bridgehead atoms. The van der Waals surface area contributed by atoms with Crippen LogP contribution in [0.3, 0.4) is 0 Å². The Hall–Kier alpha value is -2.82. The molecule has 0 aliphatic heterocycles. The Morgan fingerprint density at radius 3 is 2.26 bits per heavy atom. The lowest BCUT2D eigenvalue weighted by Crippen LogP contribution is -2.53. The van der Waals surface area contributed by atoms with Gasteiger partial charge in [0.15, 0.2) is 0 Å². The lowest BCUT2D eigenvalue weighted by molar-refractivity contribution is -0.142. The van der Waals surface area contributed by atoms with Crippen LogP contribution in [0.25, 0.3) is 0 Å². The van der Waals surface area contributed by atoms with Crippen molar-refractivity contribution in [3.8, 4) is 5.75 Å². The van der Waals surface area contributed by atoms with Crippen LogP contribution < -0.4 is 10.1 Å². The van der Waals surface area contributed by atoms with E-state index in [0.29, 0.717) is 32.4 Å². The highest BCUT2D eigenvalue weighted by Crippen LogP contribution is 2.16. The van der Waals surface area contributed by atoms with Crippen molar-refractivity contribution in [2.75, 3.05) is 6.61 Å². The second-order valence-electron chi connectivity index (χ2n) is 8.94. The van der Waals surface area contributed by atoms with Crippen molar-refractivity contribution in [2.24, 2.45) is 0 Å². The molecule has 1 atom stereocenters. The van der Waals surface area contributed by atoms with E-state index in [1.165, 1.54) is 5.56 Å². The number of hydrogen-bond donors (Lipinski definition) is 1. The lowest BCUT2D eigenvalue weighted by Gasteiger charge is -2.33. The van der Waals surface area contributed by atoms with Gasteiger partial charge >= 0.3 is 0 Å². The maximum Gasteiger partial charge on any atom is 0.243 e. The van der Waals surface area contributed by atoms with E-state index in [2.05, 4.69) is 5.32 Å². The standard InChI is InChI=1S/C26H36N2O3/c1-6-23(25(30)27-26(3,4)5)28(19-21-11-8-7-9-12-21)24(29)13-10-18-31-22-16-14-20(2)15-17-22/h7-9,11-12,14-17,23H,6,10,13,18-19H2,1-5H3,(H,27,30)/t23-/m1/s1. The molecule has 2 aromatic carbocycles. The normalized spacial score (nSPS) is 12.2. The predicted molar refractivity (Wildman–Crippen MR) is 125 cm³/mol. The molecule has 0 aliphatic rings. The summed E-state index contributed by atoms with van der Waals surface area (Å²) in [4.78, 5) is 27.8. The molecule has 2 rings (SSSR count). The van der Waals surface area contributed by atoms with Crippen molar-refractivity contribution in [1.82, 2.24) is 10.2 Å². The van der Waals surface area contributed by atoms with Crippen LogP contribution in [-0.4, -0.2) is 34.9 Å². The minimum atomic E-state index is -0.509. The summed E-state index contributed by atoms with van der Waals surface area (Å²) in [5.74, 6) is 0.651. The Bertz CT molecular complexity index is 826. The number of amides is 2. The fraction of sp³-hybridized carbons (Fsp3) is 0.462. The van der Waals surface area contributed by atoms with E-state index in [4.69, 9.17) is 4.74 Å². The van der Waals surface area contributed by atoms with Gasteiger partial charge in [-0.15, -0.1) is 0 Å². The number of benzene rings is 2. The van der Waals surface area contributed by atoms with Gasteiger partial charge in [-0.3, -0.25) is 9.59 Å². The van der Waals surface area contributed by atoms with Gasteiger partial charge in [-0.25, -0.2) is 0 Å². The summed E-state index contributed by atoms with van der Waals surface area (Å²) in [6.07, 6.45) is 1.48. The molecule has 0 saturated carbocycles. The van der Waals surface area contributed by atoms with Crippen molar-refractivity contribution < 1.29 is 14.3 Å². The number of carbonyl (C=O) groups excluding carboxylic acids is 2. The summed E-state index contributed by atoms with van der Waals surface area (Å²) < 4.78 is 5.76. The van der Waals surface area contributed by atoms with Gasteiger partial charge in [0.2, 0.25) is 11.8 Å². The molecule has 0 aromatic heterocycles. The van der Waals surface area contributed by atoms with Gasteiger partial charge in [0, 0.05) is 18.5 Å². The molecule has 0 unspecified atom stereocenters. The van der Waals surface area contributed by atoms with Crippen LogP contribution in [0.4, 0.5) is 0 Å². The van der Waals surface area contributed by atoms with Gasteiger partial charge in [-0.05, 0) is 58.2 Å². The Labute approximate surface area is 186 Å². The maximum atomic E-state index is 13.2. The highest BCUT2D eigenvalue weighted by Gasteiger charge is 2.30. The average molecular weight is 425 g/mol. The molecule has 0 saturated heterocycles. The predicted octanol–water partition coefficient (Wildman–Crippen LogP) is 4.88. The molecule has 0 fully saturated rings. The maximum absolute atomic E-state index is 13.2. The number of hydrogen-bond acceptors (Lipinski definition) is 3. The zero-order valence-corrected chi connectivity index (χ0v) is 19.5. The highest BCUT2D eigenvalue weighted by molar-refractivity contribution is 5.88. The number of rotatable bonds is 10. The van der Waals surface area contributed by atoms with Crippen molar-refractivity contribution in [3.05, 3.63) is 65.7 Å². The molecule has 2 amide bonds. The molecule has 2 aromatic rings. The van der Waals surface area contributed by atoms with Gasteiger partial charge in [0.05, 0.1) is 6.61 Å². The zero-order chi connectivity index (χ0) is 22.9. The van der Waals surface area contributed by atoms with Crippen LogP contribution in [0.15, 0.2) is 54.6 Å².